The van der Waals surface area contributed by atoms with Crippen LogP contribution < -0.4 is 5.32 Å². The first-order chi connectivity index (χ1) is 7.42. The number of benzene rings is 1. The van der Waals surface area contributed by atoms with Crippen LogP contribution in [0.2, 0.25) is 0 Å². The largest absolute Gasteiger partial charge is 0.382 e. The van der Waals surface area contributed by atoms with Crippen LogP contribution in [0.5, 0.6) is 0 Å². The maximum atomic E-state index is 11.3. The van der Waals surface area contributed by atoms with E-state index in [4.69, 9.17) is 0 Å². The van der Waals surface area contributed by atoms with E-state index in [0.29, 0.717) is 6.04 Å². The molecule has 0 heterocycles. The summed E-state index contributed by atoms with van der Waals surface area (Å²) < 4.78 is 22.6. The van der Waals surface area contributed by atoms with Crippen LogP contribution in [0.4, 0.5) is 5.69 Å². The van der Waals surface area contributed by atoms with Gasteiger partial charge in [0, 0.05) is 18.0 Å². The standard InChI is InChI=1S/C12H19NO2S/c1-4-10(2)13-12-8-6-5-7-11(12)9-16(3,14)15/h5-8,10,13H,4,9H2,1-3H3. The average Bonchev–Trinajstić information content (AvgIpc) is 2.18. The van der Waals surface area contributed by atoms with Crippen LogP contribution in [0, 0.1) is 0 Å². The van der Waals surface area contributed by atoms with Gasteiger partial charge in [-0.1, -0.05) is 25.1 Å². The quantitative estimate of drug-likeness (QED) is 0.861. The topological polar surface area (TPSA) is 46.2 Å². The predicted molar refractivity (Wildman–Crippen MR) is 68.4 cm³/mol. The number of nitrogens with one attached hydrogen (secondary N) is 1. The molecule has 0 aliphatic carbocycles. The lowest BCUT2D eigenvalue weighted by Crippen LogP contribution is -2.15. The van der Waals surface area contributed by atoms with E-state index >= 15 is 0 Å². The van der Waals surface area contributed by atoms with E-state index in [2.05, 4.69) is 19.2 Å². The zero-order chi connectivity index (χ0) is 12.2. The highest BCUT2D eigenvalue weighted by Crippen LogP contribution is 2.18. The van der Waals surface area contributed by atoms with Crippen LogP contribution in [-0.2, 0) is 15.6 Å². The molecule has 0 saturated heterocycles. The van der Waals surface area contributed by atoms with Crippen molar-refractivity contribution in [1.29, 1.82) is 0 Å². The molecule has 0 radical (unpaired) electrons. The summed E-state index contributed by atoms with van der Waals surface area (Å²) in [6.45, 7) is 4.17. The Balaban J connectivity index is 2.92. The van der Waals surface area contributed by atoms with E-state index in [9.17, 15) is 8.42 Å². The van der Waals surface area contributed by atoms with Gasteiger partial charge in [0.05, 0.1) is 5.75 Å². The molecule has 1 rings (SSSR count). The second-order valence-corrected chi connectivity index (χ2v) is 6.32. The summed E-state index contributed by atoms with van der Waals surface area (Å²) in [5.41, 5.74) is 1.76. The Morgan fingerprint density at radius 3 is 2.50 bits per heavy atom. The molecule has 1 unspecified atom stereocenters. The SMILES string of the molecule is CCC(C)Nc1ccccc1CS(C)(=O)=O. The van der Waals surface area contributed by atoms with Crippen molar-refractivity contribution in [3.63, 3.8) is 0 Å². The third-order valence-electron chi connectivity index (χ3n) is 2.45. The first-order valence-corrected chi connectivity index (χ1v) is 7.50. The Kier molecular flexibility index (Phi) is 4.35. The van der Waals surface area contributed by atoms with Crippen molar-refractivity contribution in [3.8, 4) is 0 Å². The second kappa shape index (κ2) is 5.34. The number of sulfone groups is 1. The first-order valence-electron chi connectivity index (χ1n) is 5.44. The monoisotopic (exact) mass is 241 g/mol. The summed E-state index contributed by atoms with van der Waals surface area (Å²) in [6, 6.07) is 7.90. The van der Waals surface area contributed by atoms with Crippen LogP contribution in [0.3, 0.4) is 0 Å². The summed E-state index contributed by atoms with van der Waals surface area (Å²) in [7, 11) is -2.98. The molecule has 1 atom stereocenters. The van der Waals surface area contributed by atoms with Gasteiger partial charge in [0.25, 0.3) is 0 Å². The third kappa shape index (κ3) is 4.23. The molecule has 0 aliphatic heterocycles. The fourth-order valence-electron chi connectivity index (χ4n) is 1.44. The average molecular weight is 241 g/mol. The van der Waals surface area contributed by atoms with Gasteiger partial charge in [-0.3, -0.25) is 0 Å². The molecule has 0 bridgehead atoms. The Morgan fingerprint density at radius 2 is 1.94 bits per heavy atom. The molecular weight excluding hydrogens is 222 g/mol. The summed E-state index contributed by atoms with van der Waals surface area (Å²) in [5.74, 6) is 0.0899. The predicted octanol–water partition coefficient (Wildman–Crippen LogP) is 2.44. The molecule has 0 fully saturated rings. The maximum Gasteiger partial charge on any atom is 0.151 e. The molecule has 0 aliphatic rings. The molecule has 0 amide bonds. The summed E-state index contributed by atoms with van der Waals surface area (Å²) in [4.78, 5) is 0. The number of rotatable bonds is 5. The summed E-state index contributed by atoms with van der Waals surface area (Å²) in [6.07, 6.45) is 2.26. The molecular formula is C12H19NO2S. The van der Waals surface area contributed by atoms with Gasteiger partial charge in [0.15, 0.2) is 9.84 Å². The third-order valence-corrected chi connectivity index (χ3v) is 3.28. The lowest BCUT2D eigenvalue weighted by atomic mass is 10.1. The molecule has 16 heavy (non-hydrogen) atoms. The minimum Gasteiger partial charge on any atom is -0.382 e. The van der Waals surface area contributed by atoms with Gasteiger partial charge < -0.3 is 5.32 Å². The number of hydrogen-bond donors (Lipinski definition) is 1. The molecule has 3 nitrogen and oxygen atoms in total. The van der Waals surface area contributed by atoms with Gasteiger partial charge in [-0.15, -0.1) is 0 Å². The molecule has 0 aromatic heterocycles. The van der Waals surface area contributed by atoms with Crippen molar-refractivity contribution in [1.82, 2.24) is 0 Å². The van der Waals surface area contributed by atoms with Gasteiger partial charge >= 0.3 is 0 Å². The molecule has 0 saturated carbocycles. The van der Waals surface area contributed by atoms with Gasteiger partial charge in [0.1, 0.15) is 0 Å². The summed E-state index contributed by atoms with van der Waals surface area (Å²) in [5, 5.41) is 3.32. The van der Waals surface area contributed by atoms with Gasteiger partial charge in [-0.25, -0.2) is 8.42 Å². The summed E-state index contributed by atoms with van der Waals surface area (Å²) >= 11 is 0. The van der Waals surface area contributed by atoms with Crippen molar-refractivity contribution in [3.05, 3.63) is 29.8 Å². The van der Waals surface area contributed by atoms with Crippen LogP contribution in [0.25, 0.3) is 0 Å². The van der Waals surface area contributed by atoms with Gasteiger partial charge in [-0.05, 0) is 25.0 Å². The highest BCUT2D eigenvalue weighted by molar-refractivity contribution is 7.89. The van der Waals surface area contributed by atoms with Crippen molar-refractivity contribution >= 4 is 15.5 Å². The van der Waals surface area contributed by atoms with Gasteiger partial charge in [-0.2, -0.15) is 0 Å². The molecule has 1 aromatic carbocycles. The number of anilines is 1. The lowest BCUT2D eigenvalue weighted by molar-refractivity contribution is 0.601. The molecule has 0 spiro atoms. The fourth-order valence-corrected chi connectivity index (χ4v) is 2.25. The minimum absolute atomic E-state index is 0.0899. The second-order valence-electron chi connectivity index (χ2n) is 4.18. The lowest BCUT2D eigenvalue weighted by Gasteiger charge is -2.16. The highest BCUT2D eigenvalue weighted by atomic mass is 32.2. The van der Waals surface area contributed by atoms with Crippen molar-refractivity contribution in [2.24, 2.45) is 0 Å². The minimum atomic E-state index is -2.98. The smallest absolute Gasteiger partial charge is 0.151 e. The van der Waals surface area contributed by atoms with E-state index in [0.717, 1.165) is 17.7 Å². The number of para-hydroxylation sites is 1. The Labute approximate surface area is 97.8 Å². The van der Waals surface area contributed by atoms with Crippen LogP contribution in [-0.4, -0.2) is 20.7 Å². The first kappa shape index (κ1) is 13.0. The maximum absolute atomic E-state index is 11.3. The zero-order valence-corrected chi connectivity index (χ0v) is 10.8. The number of hydrogen-bond acceptors (Lipinski definition) is 3. The zero-order valence-electron chi connectivity index (χ0n) is 10.0. The van der Waals surface area contributed by atoms with Crippen LogP contribution >= 0.6 is 0 Å². The van der Waals surface area contributed by atoms with Crippen LogP contribution in [0.1, 0.15) is 25.8 Å². The van der Waals surface area contributed by atoms with Crippen LogP contribution in [0.15, 0.2) is 24.3 Å². The molecule has 4 heteroatoms. The fraction of sp³-hybridized carbons (Fsp3) is 0.500. The van der Waals surface area contributed by atoms with E-state index in [1.165, 1.54) is 6.26 Å². The van der Waals surface area contributed by atoms with E-state index in [1.54, 1.807) is 0 Å². The highest BCUT2D eigenvalue weighted by Gasteiger charge is 2.09. The molecule has 1 aromatic rings. The van der Waals surface area contributed by atoms with E-state index < -0.39 is 9.84 Å². The van der Waals surface area contributed by atoms with E-state index in [-0.39, 0.29) is 5.75 Å². The Bertz CT molecular complexity index is 440. The Morgan fingerprint density at radius 1 is 1.31 bits per heavy atom. The van der Waals surface area contributed by atoms with Crippen molar-refractivity contribution < 1.29 is 8.42 Å². The normalized spacial score (nSPS) is 13.4. The molecule has 90 valence electrons. The van der Waals surface area contributed by atoms with E-state index in [1.807, 2.05) is 24.3 Å². The molecule has 1 N–H and O–H groups in total. The Hall–Kier alpha value is -1.03. The van der Waals surface area contributed by atoms with Crippen molar-refractivity contribution in [2.45, 2.75) is 32.1 Å². The van der Waals surface area contributed by atoms with Gasteiger partial charge in [0.2, 0.25) is 0 Å². The van der Waals surface area contributed by atoms with Crippen molar-refractivity contribution in [2.75, 3.05) is 11.6 Å².